The summed E-state index contributed by atoms with van der Waals surface area (Å²) in [5.74, 6) is 0.363. The number of nitrogens with one attached hydrogen (secondary N) is 1. The smallest absolute Gasteiger partial charge is 0.380 e. The SMILES string of the molecule is Cn1ccnc(N2CCCC(Nc3ccnc(C(F)(F)F)c3)C2)c1=O. The molecule has 0 aromatic carbocycles. The van der Waals surface area contributed by atoms with E-state index >= 15 is 0 Å². The van der Waals surface area contributed by atoms with Gasteiger partial charge < -0.3 is 14.8 Å². The fraction of sp³-hybridized carbons (Fsp3) is 0.438. The quantitative estimate of drug-likeness (QED) is 0.917. The highest BCUT2D eigenvalue weighted by Crippen LogP contribution is 2.29. The highest BCUT2D eigenvalue weighted by atomic mass is 19.4. The Morgan fingerprint density at radius 1 is 1.28 bits per heavy atom. The third kappa shape index (κ3) is 3.92. The standard InChI is InChI=1S/C16H18F3N5O/c1-23-8-6-21-14(15(23)25)24-7-2-3-12(10-24)22-11-4-5-20-13(9-11)16(17,18)19/h4-6,8-9,12H,2-3,7,10H2,1H3,(H,20,22). The van der Waals surface area contributed by atoms with Gasteiger partial charge in [0.1, 0.15) is 5.69 Å². The van der Waals surface area contributed by atoms with Crippen molar-refractivity contribution in [1.29, 1.82) is 0 Å². The Morgan fingerprint density at radius 2 is 2.08 bits per heavy atom. The molecule has 1 fully saturated rings. The monoisotopic (exact) mass is 353 g/mol. The largest absolute Gasteiger partial charge is 0.433 e. The van der Waals surface area contributed by atoms with E-state index in [4.69, 9.17) is 0 Å². The van der Waals surface area contributed by atoms with E-state index < -0.39 is 11.9 Å². The van der Waals surface area contributed by atoms with Crippen molar-refractivity contribution >= 4 is 11.5 Å². The van der Waals surface area contributed by atoms with Gasteiger partial charge in [-0.2, -0.15) is 13.2 Å². The van der Waals surface area contributed by atoms with E-state index in [9.17, 15) is 18.0 Å². The van der Waals surface area contributed by atoms with Crippen LogP contribution in [-0.2, 0) is 13.2 Å². The van der Waals surface area contributed by atoms with E-state index in [1.165, 1.54) is 10.6 Å². The number of aromatic nitrogens is 3. The number of alkyl halides is 3. The predicted octanol–water partition coefficient (Wildman–Crippen LogP) is 2.28. The minimum Gasteiger partial charge on any atom is -0.380 e. The van der Waals surface area contributed by atoms with Crippen LogP contribution in [-0.4, -0.2) is 33.7 Å². The van der Waals surface area contributed by atoms with Crippen LogP contribution in [0.2, 0.25) is 0 Å². The first-order valence-electron chi connectivity index (χ1n) is 7.91. The number of hydrogen-bond donors (Lipinski definition) is 1. The molecule has 2 aromatic heterocycles. The third-order valence-corrected chi connectivity index (χ3v) is 4.14. The molecule has 0 bridgehead atoms. The van der Waals surface area contributed by atoms with Crippen LogP contribution >= 0.6 is 0 Å². The maximum atomic E-state index is 12.8. The zero-order valence-electron chi connectivity index (χ0n) is 13.6. The molecule has 0 spiro atoms. The summed E-state index contributed by atoms with van der Waals surface area (Å²) in [7, 11) is 1.66. The Bertz CT molecular complexity index is 805. The molecule has 25 heavy (non-hydrogen) atoms. The first kappa shape index (κ1) is 17.2. The molecule has 134 valence electrons. The average Bonchev–Trinajstić information content (AvgIpc) is 2.57. The highest BCUT2D eigenvalue weighted by molar-refractivity contribution is 5.46. The minimum atomic E-state index is -4.48. The molecule has 1 aliphatic heterocycles. The lowest BCUT2D eigenvalue weighted by Gasteiger charge is -2.34. The molecule has 0 radical (unpaired) electrons. The van der Waals surface area contributed by atoms with Gasteiger partial charge in [-0.3, -0.25) is 9.78 Å². The topological polar surface area (TPSA) is 63.1 Å². The molecule has 0 amide bonds. The Labute approximate surface area is 142 Å². The maximum Gasteiger partial charge on any atom is 0.433 e. The third-order valence-electron chi connectivity index (χ3n) is 4.14. The van der Waals surface area contributed by atoms with Crippen molar-refractivity contribution < 1.29 is 13.2 Å². The van der Waals surface area contributed by atoms with Crippen LogP contribution in [0.3, 0.4) is 0 Å². The van der Waals surface area contributed by atoms with Crippen molar-refractivity contribution in [3.05, 3.63) is 46.8 Å². The van der Waals surface area contributed by atoms with Gasteiger partial charge in [0.25, 0.3) is 5.56 Å². The van der Waals surface area contributed by atoms with Crippen LogP contribution in [0.5, 0.6) is 0 Å². The molecule has 3 rings (SSSR count). The Hall–Kier alpha value is -2.58. The number of piperidine rings is 1. The van der Waals surface area contributed by atoms with Gasteiger partial charge in [-0.05, 0) is 25.0 Å². The molecule has 1 N–H and O–H groups in total. The molecule has 0 saturated carbocycles. The van der Waals surface area contributed by atoms with E-state index in [1.54, 1.807) is 19.4 Å². The number of hydrogen-bond acceptors (Lipinski definition) is 5. The normalized spacial score (nSPS) is 18.2. The van der Waals surface area contributed by atoms with Crippen molar-refractivity contribution in [1.82, 2.24) is 14.5 Å². The average molecular weight is 353 g/mol. The van der Waals surface area contributed by atoms with Gasteiger partial charge in [-0.25, -0.2) is 4.98 Å². The molecular formula is C16H18F3N5O. The van der Waals surface area contributed by atoms with Crippen molar-refractivity contribution in [2.24, 2.45) is 7.05 Å². The fourth-order valence-electron chi connectivity index (χ4n) is 2.90. The summed E-state index contributed by atoms with van der Waals surface area (Å²) in [5, 5.41) is 3.11. The lowest BCUT2D eigenvalue weighted by atomic mass is 10.1. The van der Waals surface area contributed by atoms with Gasteiger partial charge in [0.05, 0.1) is 0 Å². The van der Waals surface area contributed by atoms with Gasteiger partial charge in [0.15, 0.2) is 5.82 Å². The molecule has 3 heterocycles. The summed E-state index contributed by atoms with van der Waals surface area (Å²) >= 11 is 0. The summed E-state index contributed by atoms with van der Waals surface area (Å²) in [6.45, 7) is 1.19. The fourth-order valence-corrected chi connectivity index (χ4v) is 2.90. The predicted molar refractivity (Wildman–Crippen MR) is 87.6 cm³/mol. The van der Waals surface area contributed by atoms with Gasteiger partial charge in [0.2, 0.25) is 0 Å². The molecule has 9 heteroatoms. The number of halogens is 3. The maximum absolute atomic E-state index is 12.8. The molecule has 1 saturated heterocycles. The van der Waals surface area contributed by atoms with Gasteiger partial charge >= 0.3 is 6.18 Å². The van der Waals surface area contributed by atoms with Crippen molar-refractivity contribution in [3.8, 4) is 0 Å². The van der Waals surface area contributed by atoms with Crippen LogP contribution in [0.15, 0.2) is 35.5 Å². The Balaban J connectivity index is 1.74. The molecule has 1 unspecified atom stereocenters. The van der Waals surface area contributed by atoms with E-state index in [-0.39, 0.29) is 11.6 Å². The summed E-state index contributed by atoms with van der Waals surface area (Å²) in [6, 6.07) is 2.43. The molecule has 2 aromatic rings. The number of aryl methyl sites for hydroxylation is 1. The van der Waals surface area contributed by atoms with Crippen LogP contribution in [0.4, 0.5) is 24.7 Å². The second-order valence-corrected chi connectivity index (χ2v) is 6.02. The summed E-state index contributed by atoms with van der Waals surface area (Å²) in [5.41, 5.74) is -0.752. The number of pyridine rings is 1. The summed E-state index contributed by atoms with van der Waals surface area (Å²) in [6.07, 6.45) is 1.42. The molecule has 6 nitrogen and oxygen atoms in total. The summed E-state index contributed by atoms with van der Waals surface area (Å²) in [4.78, 5) is 21.6. The first-order valence-corrected chi connectivity index (χ1v) is 7.91. The van der Waals surface area contributed by atoms with E-state index in [0.29, 0.717) is 24.6 Å². The molecular weight excluding hydrogens is 335 g/mol. The van der Waals surface area contributed by atoms with Crippen LogP contribution in [0.25, 0.3) is 0 Å². The van der Waals surface area contributed by atoms with E-state index in [1.807, 2.05) is 4.90 Å². The second kappa shape index (κ2) is 6.73. The number of nitrogens with zero attached hydrogens (tertiary/aromatic N) is 4. The molecule has 1 atom stereocenters. The van der Waals surface area contributed by atoms with E-state index in [0.717, 1.165) is 25.1 Å². The molecule has 1 aliphatic rings. The Morgan fingerprint density at radius 3 is 2.84 bits per heavy atom. The van der Waals surface area contributed by atoms with Gasteiger partial charge in [-0.15, -0.1) is 0 Å². The number of rotatable bonds is 3. The van der Waals surface area contributed by atoms with Crippen molar-refractivity contribution in [2.45, 2.75) is 25.1 Å². The van der Waals surface area contributed by atoms with Crippen LogP contribution in [0, 0.1) is 0 Å². The van der Waals surface area contributed by atoms with Crippen LogP contribution in [0.1, 0.15) is 18.5 Å². The van der Waals surface area contributed by atoms with Crippen molar-refractivity contribution in [2.75, 3.05) is 23.3 Å². The lowest BCUT2D eigenvalue weighted by Crippen LogP contribution is -2.45. The van der Waals surface area contributed by atoms with Gasteiger partial charge in [0, 0.05) is 50.5 Å². The number of anilines is 2. The highest BCUT2D eigenvalue weighted by Gasteiger charge is 2.32. The zero-order valence-corrected chi connectivity index (χ0v) is 13.6. The first-order chi connectivity index (χ1) is 11.8. The lowest BCUT2D eigenvalue weighted by molar-refractivity contribution is -0.141. The van der Waals surface area contributed by atoms with Crippen molar-refractivity contribution in [3.63, 3.8) is 0 Å². The van der Waals surface area contributed by atoms with Gasteiger partial charge in [-0.1, -0.05) is 0 Å². The zero-order chi connectivity index (χ0) is 18.0. The second-order valence-electron chi connectivity index (χ2n) is 6.02. The summed E-state index contributed by atoms with van der Waals surface area (Å²) < 4.78 is 39.8. The van der Waals surface area contributed by atoms with E-state index in [2.05, 4.69) is 15.3 Å². The van der Waals surface area contributed by atoms with Crippen LogP contribution < -0.4 is 15.8 Å². The Kier molecular flexibility index (Phi) is 4.65. The molecule has 0 aliphatic carbocycles. The minimum absolute atomic E-state index is 0.0797.